The number of alkyl halides is 1. The molecule has 0 amide bonds. The number of halogens is 3. The second-order valence-electron chi connectivity index (χ2n) is 3.63. The number of benzene rings is 1. The van der Waals surface area contributed by atoms with Gasteiger partial charge in [0.05, 0.1) is 0 Å². The summed E-state index contributed by atoms with van der Waals surface area (Å²) < 4.78 is 0. The predicted molar refractivity (Wildman–Crippen MR) is 72.3 cm³/mol. The average Bonchev–Trinajstić information content (AvgIpc) is 2.23. The van der Waals surface area contributed by atoms with E-state index >= 15 is 0 Å². The van der Waals surface area contributed by atoms with E-state index in [0.29, 0.717) is 0 Å². The van der Waals surface area contributed by atoms with Crippen LogP contribution in [0.2, 0.25) is 10.0 Å². The Morgan fingerprint density at radius 1 is 1.07 bits per heavy atom. The van der Waals surface area contributed by atoms with Gasteiger partial charge in [-0.25, -0.2) is 0 Å². The molecule has 1 aromatic carbocycles. The van der Waals surface area contributed by atoms with Crippen molar-refractivity contribution < 1.29 is 0 Å². The lowest BCUT2D eigenvalue weighted by Crippen LogP contribution is -1.90. The third-order valence-electron chi connectivity index (χ3n) is 2.41. The third kappa shape index (κ3) is 3.97. The van der Waals surface area contributed by atoms with Crippen LogP contribution >= 0.6 is 39.1 Å². The van der Waals surface area contributed by atoms with Crippen molar-refractivity contribution in [1.82, 2.24) is 0 Å². The quantitative estimate of drug-likeness (QED) is 0.489. The maximum atomic E-state index is 6.18. The Morgan fingerprint density at radius 2 is 1.67 bits per heavy atom. The molecule has 0 N–H and O–H groups in total. The van der Waals surface area contributed by atoms with Gasteiger partial charge >= 0.3 is 0 Å². The van der Waals surface area contributed by atoms with E-state index in [2.05, 4.69) is 22.9 Å². The lowest BCUT2D eigenvalue weighted by Gasteiger charge is -2.07. The Kier molecular flexibility index (Phi) is 6.03. The summed E-state index contributed by atoms with van der Waals surface area (Å²) in [6.07, 6.45) is 4.67. The van der Waals surface area contributed by atoms with Crippen LogP contribution in [0, 0.1) is 0 Å². The van der Waals surface area contributed by atoms with Crippen LogP contribution in [0.4, 0.5) is 0 Å². The van der Waals surface area contributed by atoms with Gasteiger partial charge in [0, 0.05) is 15.4 Å². The van der Waals surface area contributed by atoms with Gasteiger partial charge in [-0.05, 0) is 36.1 Å². The smallest absolute Gasteiger partial charge is 0.0450 e. The first kappa shape index (κ1) is 13.3. The summed E-state index contributed by atoms with van der Waals surface area (Å²) in [5, 5.41) is 2.40. The molecular formula is C12H15BrCl2. The first-order chi connectivity index (χ1) is 7.19. The second-order valence-corrected chi connectivity index (χ2v) is 5.00. The first-order valence-corrected chi connectivity index (χ1v) is 7.09. The van der Waals surface area contributed by atoms with Gasteiger partial charge < -0.3 is 0 Å². The summed E-state index contributed by atoms with van der Waals surface area (Å²) >= 11 is 15.7. The largest absolute Gasteiger partial charge is 0.0876 e. The van der Waals surface area contributed by atoms with E-state index in [0.717, 1.165) is 27.4 Å². The van der Waals surface area contributed by atoms with Gasteiger partial charge in [-0.15, -0.1) is 0 Å². The minimum atomic E-state index is 0.751. The highest BCUT2D eigenvalue weighted by molar-refractivity contribution is 9.08. The summed E-state index contributed by atoms with van der Waals surface area (Å²) in [5.74, 6) is 0. The van der Waals surface area contributed by atoms with Crippen LogP contribution in [-0.4, -0.2) is 0 Å². The molecule has 3 heteroatoms. The van der Waals surface area contributed by atoms with Crippen molar-refractivity contribution in [3.8, 4) is 0 Å². The minimum absolute atomic E-state index is 0.751. The molecule has 0 unspecified atom stereocenters. The van der Waals surface area contributed by atoms with Gasteiger partial charge in [0.2, 0.25) is 0 Å². The standard InChI is InChI=1S/C12H15BrCl2/c1-2-3-4-5-9-6-12(15)10(8-13)7-11(9)14/h6-7H,2-5,8H2,1H3. The summed E-state index contributed by atoms with van der Waals surface area (Å²) in [5.41, 5.74) is 2.22. The van der Waals surface area contributed by atoms with Crippen LogP contribution in [-0.2, 0) is 11.8 Å². The molecule has 0 nitrogen and oxygen atoms in total. The van der Waals surface area contributed by atoms with Gasteiger partial charge in [-0.1, -0.05) is 58.9 Å². The van der Waals surface area contributed by atoms with Crippen molar-refractivity contribution in [2.24, 2.45) is 0 Å². The molecule has 15 heavy (non-hydrogen) atoms. The van der Waals surface area contributed by atoms with E-state index in [-0.39, 0.29) is 0 Å². The molecule has 0 radical (unpaired) electrons. The highest BCUT2D eigenvalue weighted by Crippen LogP contribution is 2.28. The molecule has 0 saturated heterocycles. The molecule has 84 valence electrons. The van der Waals surface area contributed by atoms with Crippen LogP contribution in [0.5, 0.6) is 0 Å². The predicted octanol–water partition coefficient (Wildman–Crippen LogP) is 5.62. The van der Waals surface area contributed by atoms with E-state index in [9.17, 15) is 0 Å². The van der Waals surface area contributed by atoms with Crippen molar-refractivity contribution in [3.63, 3.8) is 0 Å². The number of aryl methyl sites for hydroxylation is 1. The Labute approximate surface area is 110 Å². The summed E-state index contributed by atoms with van der Waals surface area (Å²) in [6, 6.07) is 3.95. The van der Waals surface area contributed by atoms with E-state index < -0.39 is 0 Å². The van der Waals surface area contributed by atoms with Crippen molar-refractivity contribution in [3.05, 3.63) is 33.3 Å². The molecule has 1 rings (SSSR count). The van der Waals surface area contributed by atoms with Crippen LogP contribution in [0.1, 0.15) is 37.3 Å². The molecule has 0 bridgehead atoms. The fraction of sp³-hybridized carbons (Fsp3) is 0.500. The highest BCUT2D eigenvalue weighted by atomic mass is 79.9. The molecule has 0 saturated carbocycles. The third-order valence-corrected chi connectivity index (χ3v) is 3.72. The van der Waals surface area contributed by atoms with Gasteiger partial charge in [0.15, 0.2) is 0 Å². The van der Waals surface area contributed by atoms with Crippen LogP contribution in [0.15, 0.2) is 12.1 Å². The summed E-state index contributed by atoms with van der Waals surface area (Å²) in [6.45, 7) is 2.20. The zero-order valence-corrected chi connectivity index (χ0v) is 11.9. The van der Waals surface area contributed by atoms with Crippen LogP contribution in [0.25, 0.3) is 0 Å². The van der Waals surface area contributed by atoms with Crippen LogP contribution in [0.3, 0.4) is 0 Å². The van der Waals surface area contributed by atoms with Gasteiger partial charge in [0.25, 0.3) is 0 Å². The maximum absolute atomic E-state index is 6.18. The SMILES string of the molecule is CCCCCc1cc(Cl)c(CBr)cc1Cl. The number of hydrogen-bond acceptors (Lipinski definition) is 0. The van der Waals surface area contributed by atoms with E-state index in [1.807, 2.05) is 12.1 Å². The molecule has 1 aromatic rings. The molecule has 0 aliphatic heterocycles. The molecular weight excluding hydrogens is 295 g/mol. The minimum Gasteiger partial charge on any atom is -0.0876 e. The zero-order valence-electron chi connectivity index (χ0n) is 8.82. The monoisotopic (exact) mass is 308 g/mol. The highest BCUT2D eigenvalue weighted by Gasteiger charge is 2.06. The van der Waals surface area contributed by atoms with Gasteiger partial charge in [-0.2, -0.15) is 0 Å². The number of hydrogen-bond donors (Lipinski definition) is 0. The fourth-order valence-electron chi connectivity index (χ4n) is 1.49. The lowest BCUT2D eigenvalue weighted by atomic mass is 10.1. The zero-order chi connectivity index (χ0) is 11.3. The summed E-state index contributed by atoms with van der Waals surface area (Å²) in [7, 11) is 0. The number of unbranched alkanes of at least 4 members (excludes halogenated alkanes) is 2. The average molecular weight is 310 g/mol. The van der Waals surface area contributed by atoms with E-state index in [4.69, 9.17) is 23.2 Å². The second kappa shape index (κ2) is 6.78. The molecule has 0 atom stereocenters. The maximum Gasteiger partial charge on any atom is 0.0450 e. The van der Waals surface area contributed by atoms with E-state index in [1.165, 1.54) is 24.8 Å². The van der Waals surface area contributed by atoms with Crippen molar-refractivity contribution >= 4 is 39.1 Å². The molecule has 0 spiro atoms. The molecule has 0 aromatic heterocycles. The Hall–Kier alpha value is 0.280. The Bertz CT molecular complexity index is 324. The number of rotatable bonds is 5. The lowest BCUT2D eigenvalue weighted by molar-refractivity contribution is 0.717. The molecule has 0 fully saturated rings. The van der Waals surface area contributed by atoms with Gasteiger partial charge in [0.1, 0.15) is 0 Å². The molecule has 0 heterocycles. The van der Waals surface area contributed by atoms with E-state index in [1.54, 1.807) is 0 Å². The normalized spacial score (nSPS) is 10.7. The Balaban J connectivity index is 2.76. The molecule has 0 aliphatic rings. The van der Waals surface area contributed by atoms with Crippen molar-refractivity contribution in [1.29, 1.82) is 0 Å². The molecule has 0 aliphatic carbocycles. The van der Waals surface area contributed by atoms with Crippen LogP contribution < -0.4 is 0 Å². The Morgan fingerprint density at radius 3 is 2.27 bits per heavy atom. The first-order valence-electron chi connectivity index (χ1n) is 5.21. The summed E-state index contributed by atoms with van der Waals surface area (Å²) in [4.78, 5) is 0. The van der Waals surface area contributed by atoms with Gasteiger partial charge in [-0.3, -0.25) is 0 Å². The fourth-order valence-corrected chi connectivity index (χ4v) is 2.65. The van der Waals surface area contributed by atoms with Crippen molar-refractivity contribution in [2.75, 3.05) is 0 Å². The van der Waals surface area contributed by atoms with Crippen molar-refractivity contribution in [2.45, 2.75) is 37.9 Å². The topological polar surface area (TPSA) is 0 Å².